The van der Waals surface area contributed by atoms with Crippen molar-refractivity contribution in [3.8, 4) is 11.3 Å². The number of nitrogens with one attached hydrogen (secondary N) is 1. The topological polar surface area (TPSA) is 81.4 Å². The van der Waals surface area contributed by atoms with Gasteiger partial charge in [-0.25, -0.2) is 0 Å². The van der Waals surface area contributed by atoms with Crippen molar-refractivity contribution >= 4 is 11.9 Å². The smallest absolute Gasteiger partial charge is 0.305 e. The van der Waals surface area contributed by atoms with Crippen molar-refractivity contribution in [3.63, 3.8) is 0 Å². The summed E-state index contributed by atoms with van der Waals surface area (Å²) in [4.78, 5) is 22.9. The Kier molecular flexibility index (Phi) is 5.71. The van der Waals surface area contributed by atoms with Crippen molar-refractivity contribution in [1.82, 2.24) is 10.5 Å². The minimum Gasteiger partial charge on any atom is -0.469 e. The van der Waals surface area contributed by atoms with E-state index in [4.69, 9.17) is 4.52 Å². The molecule has 0 atom stereocenters. The number of benzene rings is 1. The van der Waals surface area contributed by atoms with Gasteiger partial charge in [-0.2, -0.15) is 0 Å². The largest absolute Gasteiger partial charge is 0.469 e. The van der Waals surface area contributed by atoms with E-state index in [-0.39, 0.29) is 17.6 Å². The van der Waals surface area contributed by atoms with Crippen molar-refractivity contribution in [3.05, 3.63) is 42.1 Å². The molecule has 0 spiro atoms. The molecule has 0 fully saturated rings. The van der Waals surface area contributed by atoms with E-state index in [1.165, 1.54) is 7.11 Å². The SMILES string of the molecule is COC(=O)CCCCNC(=O)c1cc(-c2ccccc2)on1. The molecule has 1 N–H and O–H groups in total. The summed E-state index contributed by atoms with van der Waals surface area (Å²) in [5.41, 5.74) is 1.11. The first-order valence-electron chi connectivity index (χ1n) is 7.08. The molecule has 0 unspecified atom stereocenters. The fourth-order valence-corrected chi connectivity index (χ4v) is 1.91. The van der Waals surface area contributed by atoms with E-state index in [1.807, 2.05) is 30.3 Å². The number of methoxy groups -OCH3 is 1. The number of unbranched alkanes of at least 4 members (excludes halogenated alkanes) is 1. The Bertz CT molecular complexity index is 622. The van der Waals surface area contributed by atoms with Crippen LogP contribution in [0.2, 0.25) is 0 Å². The Labute approximate surface area is 128 Å². The third kappa shape index (κ3) is 4.44. The van der Waals surface area contributed by atoms with Crippen LogP contribution < -0.4 is 5.32 Å². The van der Waals surface area contributed by atoms with Crippen LogP contribution >= 0.6 is 0 Å². The predicted molar refractivity (Wildman–Crippen MR) is 80.1 cm³/mol. The molecule has 1 aromatic heterocycles. The Morgan fingerprint density at radius 2 is 2.00 bits per heavy atom. The van der Waals surface area contributed by atoms with Crippen LogP contribution in [0.25, 0.3) is 11.3 Å². The average Bonchev–Trinajstić information content (AvgIpc) is 3.05. The molecule has 0 aliphatic heterocycles. The van der Waals surface area contributed by atoms with Crippen LogP contribution in [0.5, 0.6) is 0 Å². The first kappa shape index (κ1) is 15.8. The second kappa shape index (κ2) is 7.97. The molecule has 0 saturated carbocycles. The number of hydrogen-bond donors (Lipinski definition) is 1. The number of carbonyl (C=O) groups excluding carboxylic acids is 2. The van der Waals surface area contributed by atoms with Gasteiger partial charge in [0.15, 0.2) is 11.5 Å². The summed E-state index contributed by atoms with van der Waals surface area (Å²) in [6.07, 6.45) is 1.72. The molecular weight excluding hydrogens is 284 g/mol. The molecule has 0 aliphatic rings. The molecule has 116 valence electrons. The molecule has 1 aromatic carbocycles. The molecule has 1 heterocycles. The van der Waals surface area contributed by atoms with Gasteiger partial charge in [-0.05, 0) is 12.8 Å². The maximum absolute atomic E-state index is 11.9. The third-order valence-electron chi connectivity index (χ3n) is 3.12. The van der Waals surface area contributed by atoms with Crippen LogP contribution in [0, 0.1) is 0 Å². The van der Waals surface area contributed by atoms with Crippen LogP contribution in [-0.2, 0) is 9.53 Å². The first-order chi connectivity index (χ1) is 10.7. The summed E-state index contributed by atoms with van der Waals surface area (Å²) >= 11 is 0. The van der Waals surface area contributed by atoms with Gasteiger partial charge >= 0.3 is 5.97 Å². The zero-order chi connectivity index (χ0) is 15.8. The molecular formula is C16H18N2O4. The number of hydrogen-bond acceptors (Lipinski definition) is 5. The average molecular weight is 302 g/mol. The maximum atomic E-state index is 11.9. The van der Waals surface area contributed by atoms with Gasteiger partial charge in [-0.15, -0.1) is 0 Å². The number of carbonyl (C=O) groups is 2. The zero-order valence-corrected chi connectivity index (χ0v) is 12.4. The van der Waals surface area contributed by atoms with E-state index >= 15 is 0 Å². The summed E-state index contributed by atoms with van der Waals surface area (Å²) in [6, 6.07) is 11.1. The van der Waals surface area contributed by atoms with E-state index < -0.39 is 0 Å². The van der Waals surface area contributed by atoms with Gasteiger partial charge in [-0.1, -0.05) is 35.5 Å². The lowest BCUT2D eigenvalue weighted by Crippen LogP contribution is -2.24. The molecule has 0 bridgehead atoms. The molecule has 1 amide bonds. The Balaban J connectivity index is 1.79. The molecule has 22 heavy (non-hydrogen) atoms. The minimum atomic E-state index is -0.288. The number of aromatic nitrogens is 1. The van der Waals surface area contributed by atoms with Crippen molar-refractivity contribution in [1.29, 1.82) is 0 Å². The second-order valence-electron chi connectivity index (χ2n) is 4.73. The highest BCUT2D eigenvalue weighted by atomic mass is 16.5. The van der Waals surface area contributed by atoms with Gasteiger partial charge in [0.05, 0.1) is 7.11 Å². The van der Waals surface area contributed by atoms with Crippen molar-refractivity contribution in [2.45, 2.75) is 19.3 Å². The number of ether oxygens (including phenoxy) is 1. The highest BCUT2D eigenvalue weighted by molar-refractivity contribution is 5.93. The van der Waals surface area contributed by atoms with Gasteiger partial charge in [0.25, 0.3) is 5.91 Å². The summed E-state index contributed by atoms with van der Waals surface area (Å²) in [7, 11) is 1.36. The predicted octanol–water partition coefficient (Wildman–Crippen LogP) is 2.41. The Morgan fingerprint density at radius 3 is 2.73 bits per heavy atom. The van der Waals surface area contributed by atoms with Gasteiger partial charge in [-0.3, -0.25) is 9.59 Å². The highest BCUT2D eigenvalue weighted by Gasteiger charge is 2.13. The van der Waals surface area contributed by atoms with E-state index in [9.17, 15) is 9.59 Å². The normalized spacial score (nSPS) is 10.2. The molecule has 2 aromatic rings. The number of amides is 1. The first-order valence-corrected chi connectivity index (χ1v) is 7.08. The highest BCUT2D eigenvalue weighted by Crippen LogP contribution is 2.19. The summed E-state index contributed by atoms with van der Waals surface area (Å²) < 4.78 is 9.72. The molecule has 0 saturated heterocycles. The van der Waals surface area contributed by atoms with Crippen molar-refractivity contribution in [2.24, 2.45) is 0 Å². The standard InChI is InChI=1S/C16H18N2O4/c1-21-15(19)9-5-6-10-17-16(20)13-11-14(22-18-13)12-7-3-2-4-8-12/h2-4,7-8,11H,5-6,9-10H2,1H3,(H,17,20). The number of esters is 1. The summed E-state index contributed by atoms with van der Waals surface area (Å²) in [5, 5.41) is 6.51. The lowest BCUT2D eigenvalue weighted by Gasteiger charge is -2.02. The lowest BCUT2D eigenvalue weighted by molar-refractivity contribution is -0.140. The molecule has 6 heteroatoms. The van der Waals surface area contributed by atoms with Gasteiger partial charge < -0.3 is 14.6 Å². The van der Waals surface area contributed by atoms with E-state index in [0.29, 0.717) is 31.6 Å². The zero-order valence-electron chi connectivity index (χ0n) is 12.4. The van der Waals surface area contributed by atoms with Crippen LogP contribution in [0.3, 0.4) is 0 Å². The minimum absolute atomic E-state index is 0.240. The van der Waals surface area contributed by atoms with Gasteiger partial charge in [0.2, 0.25) is 0 Å². The summed E-state index contributed by atoms with van der Waals surface area (Å²) in [5.74, 6) is 0.0239. The van der Waals surface area contributed by atoms with Crippen LogP contribution in [0.4, 0.5) is 0 Å². The Morgan fingerprint density at radius 1 is 1.23 bits per heavy atom. The molecule has 0 aliphatic carbocycles. The molecule has 6 nitrogen and oxygen atoms in total. The van der Waals surface area contributed by atoms with Crippen LogP contribution in [-0.4, -0.2) is 30.7 Å². The van der Waals surface area contributed by atoms with Gasteiger partial charge in [0.1, 0.15) is 0 Å². The van der Waals surface area contributed by atoms with Gasteiger partial charge in [0, 0.05) is 24.6 Å². The van der Waals surface area contributed by atoms with E-state index in [0.717, 1.165) is 5.56 Å². The fourth-order valence-electron chi connectivity index (χ4n) is 1.91. The monoisotopic (exact) mass is 302 g/mol. The molecule has 0 radical (unpaired) electrons. The lowest BCUT2D eigenvalue weighted by atomic mass is 10.1. The second-order valence-corrected chi connectivity index (χ2v) is 4.73. The van der Waals surface area contributed by atoms with Crippen LogP contribution in [0.15, 0.2) is 40.9 Å². The number of rotatable bonds is 7. The van der Waals surface area contributed by atoms with Crippen molar-refractivity contribution in [2.75, 3.05) is 13.7 Å². The van der Waals surface area contributed by atoms with Crippen molar-refractivity contribution < 1.29 is 18.8 Å². The van der Waals surface area contributed by atoms with Crippen LogP contribution in [0.1, 0.15) is 29.8 Å². The quantitative estimate of drug-likeness (QED) is 0.627. The third-order valence-corrected chi connectivity index (χ3v) is 3.12. The van der Waals surface area contributed by atoms with E-state index in [2.05, 4.69) is 15.2 Å². The van der Waals surface area contributed by atoms with E-state index in [1.54, 1.807) is 6.07 Å². The maximum Gasteiger partial charge on any atom is 0.305 e. The number of nitrogens with zero attached hydrogens (tertiary/aromatic N) is 1. The fraction of sp³-hybridized carbons (Fsp3) is 0.312. The molecule has 2 rings (SSSR count). The summed E-state index contributed by atoms with van der Waals surface area (Å²) in [6.45, 7) is 0.476. The Hall–Kier alpha value is -2.63.